The second kappa shape index (κ2) is 6.35. The third-order valence-electron chi connectivity index (χ3n) is 2.06. The highest BCUT2D eigenvalue weighted by atomic mass is 32.2. The molecule has 1 fully saturated rings. The van der Waals surface area contributed by atoms with E-state index < -0.39 is 16.4 Å². The molecule has 102 valence electrons. The molecule has 1 aliphatic rings. The maximum atomic E-state index is 11.7. The highest BCUT2D eigenvalue weighted by Gasteiger charge is 2.33. The summed E-state index contributed by atoms with van der Waals surface area (Å²) in [6, 6.07) is 0. The van der Waals surface area contributed by atoms with Gasteiger partial charge < -0.3 is 5.32 Å². The number of nitrogens with zero attached hydrogens (tertiary/aromatic N) is 2. The lowest BCUT2D eigenvalue weighted by molar-refractivity contribution is -0.122. The Bertz CT molecular complexity index is 519. The van der Waals surface area contributed by atoms with Gasteiger partial charge in [0, 0.05) is 6.42 Å². The van der Waals surface area contributed by atoms with Crippen LogP contribution in [0, 0.1) is 0 Å². The molecule has 2 N–H and O–H groups in total. The van der Waals surface area contributed by atoms with Crippen molar-refractivity contribution in [3.8, 4) is 0 Å². The second-order valence-corrected chi connectivity index (χ2v) is 7.11. The molecule has 1 aliphatic heterocycles. The van der Waals surface area contributed by atoms with Crippen molar-refractivity contribution in [2.24, 2.45) is 0 Å². The zero-order valence-corrected chi connectivity index (χ0v) is 12.3. The van der Waals surface area contributed by atoms with Gasteiger partial charge in [-0.05, 0) is 5.75 Å². The van der Waals surface area contributed by atoms with Crippen molar-refractivity contribution in [2.75, 3.05) is 11.1 Å². The molecule has 7 nitrogen and oxygen atoms in total. The zero-order valence-electron chi connectivity index (χ0n) is 9.84. The van der Waals surface area contributed by atoms with Crippen molar-refractivity contribution < 1.29 is 14.4 Å². The van der Waals surface area contributed by atoms with E-state index in [2.05, 4.69) is 20.8 Å². The molecule has 19 heavy (non-hydrogen) atoms. The molecule has 1 aromatic rings. The molecular formula is C9H10N4O3S3. The maximum Gasteiger partial charge on any atom is 0.286 e. The number of imide groups is 1. The van der Waals surface area contributed by atoms with E-state index in [4.69, 9.17) is 0 Å². The number of hydrogen-bond acceptors (Lipinski definition) is 8. The van der Waals surface area contributed by atoms with Crippen molar-refractivity contribution in [2.45, 2.75) is 22.9 Å². The van der Waals surface area contributed by atoms with Gasteiger partial charge in [-0.25, -0.2) is 0 Å². The zero-order chi connectivity index (χ0) is 13.8. The molecule has 0 saturated carbocycles. The molecule has 0 aromatic carbocycles. The third-order valence-corrected chi connectivity index (χ3v) is 4.89. The quantitative estimate of drug-likeness (QED) is 0.624. The number of nitrogens with one attached hydrogen (secondary N) is 2. The Morgan fingerprint density at radius 1 is 1.47 bits per heavy atom. The SMILES string of the molecule is CCSc1nnc(NC(=O)CC2SC(=O)NC2=O)s1. The van der Waals surface area contributed by atoms with Crippen molar-refractivity contribution in [1.29, 1.82) is 0 Å². The highest BCUT2D eigenvalue weighted by Crippen LogP contribution is 2.26. The van der Waals surface area contributed by atoms with Gasteiger partial charge in [-0.3, -0.25) is 19.7 Å². The smallest absolute Gasteiger partial charge is 0.286 e. The summed E-state index contributed by atoms with van der Waals surface area (Å²) in [5.74, 6) is 0.0972. The van der Waals surface area contributed by atoms with E-state index in [1.165, 1.54) is 23.1 Å². The molecule has 0 radical (unpaired) electrons. The summed E-state index contributed by atoms with van der Waals surface area (Å²) < 4.78 is 0.779. The molecule has 3 amide bonds. The predicted molar refractivity (Wildman–Crippen MR) is 74.5 cm³/mol. The average molecular weight is 318 g/mol. The molecule has 0 spiro atoms. The number of anilines is 1. The number of carbonyl (C=O) groups excluding carboxylic acids is 3. The van der Waals surface area contributed by atoms with Crippen LogP contribution in [0.25, 0.3) is 0 Å². The lowest BCUT2D eigenvalue weighted by Gasteiger charge is -2.03. The van der Waals surface area contributed by atoms with Crippen LogP contribution in [-0.2, 0) is 9.59 Å². The Hall–Kier alpha value is -1.13. The number of rotatable bonds is 5. The van der Waals surface area contributed by atoms with Crippen molar-refractivity contribution in [1.82, 2.24) is 15.5 Å². The van der Waals surface area contributed by atoms with Crippen LogP contribution in [-0.4, -0.2) is 38.3 Å². The van der Waals surface area contributed by atoms with E-state index in [1.807, 2.05) is 6.92 Å². The van der Waals surface area contributed by atoms with Gasteiger partial charge in [0.2, 0.25) is 16.9 Å². The third kappa shape index (κ3) is 3.91. The van der Waals surface area contributed by atoms with Crippen molar-refractivity contribution >= 4 is 57.0 Å². The minimum Gasteiger partial charge on any atom is -0.300 e. The lowest BCUT2D eigenvalue weighted by atomic mass is 10.3. The van der Waals surface area contributed by atoms with Crippen LogP contribution in [0.4, 0.5) is 9.93 Å². The molecular weight excluding hydrogens is 308 g/mol. The summed E-state index contributed by atoms with van der Waals surface area (Å²) in [5.41, 5.74) is 0. The normalized spacial score (nSPS) is 18.5. The van der Waals surface area contributed by atoms with Gasteiger partial charge >= 0.3 is 0 Å². The Labute approximate surface area is 121 Å². The molecule has 1 atom stereocenters. The number of hydrogen-bond donors (Lipinski definition) is 2. The van der Waals surface area contributed by atoms with E-state index >= 15 is 0 Å². The van der Waals surface area contributed by atoms with E-state index in [0.29, 0.717) is 5.13 Å². The fraction of sp³-hybridized carbons (Fsp3) is 0.444. The lowest BCUT2D eigenvalue weighted by Crippen LogP contribution is -2.27. The first kappa shape index (κ1) is 14.3. The van der Waals surface area contributed by atoms with Crippen LogP contribution in [0.1, 0.15) is 13.3 Å². The standard InChI is InChI=1S/C9H10N4O3S3/c1-2-17-9-13-12-7(19-9)10-5(14)3-4-6(15)11-8(16)18-4/h4H,2-3H2,1H3,(H,10,12,14)(H,11,15,16). The Morgan fingerprint density at radius 3 is 2.89 bits per heavy atom. The molecule has 10 heteroatoms. The fourth-order valence-corrected chi connectivity index (χ4v) is 3.79. The molecule has 1 unspecified atom stereocenters. The van der Waals surface area contributed by atoms with E-state index in [1.54, 1.807) is 0 Å². The van der Waals surface area contributed by atoms with Crippen LogP contribution in [0.2, 0.25) is 0 Å². The Balaban J connectivity index is 1.86. The van der Waals surface area contributed by atoms with Crippen LogP contribution < -0.4 is 10.6 Å². The van der Waals surface area contributed by atoms with Gasteiger partial charge in [0.25, 0.3) is 5.24 Å². The van der Waals surface area contributed by atoms with E-state index in [-0.39, 0.29) is 12.3 Å². The summed E-state index contributed by atoms with van der Waals surface area (Å²) in [6.45, 7) is 2.00. The van der Waals surface area contributed by atoms with Gasteiger partial charge in [0.15, 0.2) is 4.34 Å². The Kier molecular flexibility index (Phi) is 4.77. The summed E-state index contributed by atoms with van der Waals surface area (Å²) in [7, 11) is 0. The van der Waals surface area contributed by atoms with Crippen LogP contribution >= 0.6 is 34.9 Å². The number of thioether (sulfide) groups is 2. The number of amides is 3. The molecule has 2 rings (SSSR count). The second-order valence-electron chi connectivity index (χ2n) is 3.44. The minimum atomic E-state index is -0.662. The maximum absolute atomic E-state index is 11.7. The molecule has 2 heterocycles. The highest BCUT2D eigenvalue weighted by molar-refractivity contribution is 8.15. The minimum absolute atomic E-state index is 0.0575. The van der Waals surface area contributed by atoms with E-state index in [0.717, 1.165) is 21.9 Å². The summed E-state index contributed by atoms with van der Waals surface area (Å²) in [6.07, 6.45) is -0.0575. The average Bonchev–Trinajstić information content (AvgIpc) is 2.87. The fourth-order valence-electron chi connectivity index (χ4n) is 1.31. The van der Waals surface area contributed by atoms with Gasteiger partial charge in [-0.15, -0.1) is 10.2 Å². The van der Waals surface area contributed by atoms with Crippen LogP contribution in [0.3, 0.4) is 0 Å². The van der Waals surface area contributed by atoms with Gasteiger partial charge in [0.1, 0.15) is 5.25 Å². The first-order valence-corrected chi connectivity index (χ1v) is 8.04. The number of aromatic nitrogens is 2. The molecule has 0 bridgehead atoms. The predicted octanol–water partition coefficient (Wildman–Crippen LogP) is 1.33. The van der Waals surface area contributed by atoms with Gasteiger partial charge in [-0.1, -0.05) is 41.8 Å². The van der Waals surface area contributed by atoms with E-state index in [9.17, 15) is 14.4 Å². The van der Waals surface area contributed by atoms with Gasteiger partial charge in [-0.2, -0.15) is 0 Å². The summed E-state index contributed by atoms with van der Waals surface area (Å²) in [4.78, 5) is 34.0. The summed E-state index contributed by atoms with van der Waals surface area (Å²) >= 11 is 3.65. The molecule has 1 aromatic heterocycles. The molecule has 0 aliphatic carbocycles. The monoisotopic (exact) mass is 318 g/mol. The Morgan fingerprint density at radius 2 is 2.26 bits per heavy atom. The van der Waals surface area contributed by atoms with Crippen molar-refractivity contribution in [3.05, 3.63) is 0 Å². The first-order valence-electron chi connectivity index (χ1n) is 5.36. The first-order chi connectivity index (χ1) is 9.08. The number of carbonyl (C=O) groups is 3. The van der Waals surface area contributed by atoms with Crippen molar-refractivity contribution in [3.63, 3.8) is 0 Å². The van der Waals surface area contributed by atoms with Crippen LogP contribution in [0.15, 0.2) is 4.34 Å². The largest absolute Gasteiger partial charge is 0.300 e. The van der Waals surface area contributed by atoms with Gasteiger partial charge in [0.05, 0.1) is 0 Å². The van der Waals surface area contributed by atoms with Crippen LogP contribution in [0.5, 0.6) is 0 Å². The molecule has 1 saturated heterocycles. The summed E-state index contributed by atoms with van der Waals surface area (Å²) in [5, 5.41) is 11.7. The topological polar surface area (TPSA) is 101 Å².